The van der Waals surface area contributed by atoms with E-state index in [4.69, 9.17) is 5.73 Å². The van der Waals surface area contributed by atoms with E-state index in [1.165, 1.54) is 12.4 Å². The number of hydrogen-bond donors (Lipinski definition) is 1. The van der Waals surface area contributed by atoms with E-state index in [0.29, 0.717) is 18.8 Å². The number of rotatable bonds is 3. The van der Waals surface area contributed by atoms with Crippen LogP contribution in [0.3, 0.4) is 0 Å². The van der Waals surface area contributed by atoms with Crippen LogP contribution < -0.4 is 5.73 Å². The van der Waals surface area contributed by atoms with Gasteiger partial charge >= 0.3 is 0 Å². The van der Waals surface area contributed by atoms with Crippen molar-refractivity contribution in [3.63, 3.8) is 0 Å². The van der Waals surface area contributed by atoms with Gasteiger partial charge in [-0.05, 0) is 6.54 Å². The molecule has 0 spiro atoms. The zero-order chi connectivity index (χ0) is 9.90. The van der Waals surface area contributed by atoms with Crippen molar-refractivity contribution in [3.05, 3.63) is 18.2 Å². The molecule has 14 heavy (non-hydrogen) atoms. The largest absolute Gasteiger partial charge is 0.330 e. The quantitative estimate of drug-likeness (QED) is 0.787. The topological polar surface area (TPSA) is 85.9 Å². The summed E-state index contributed by atoms with van der Waals surface area (Å²) in [4.78, 5) is 7.86. The van der Waals surface area contributed by atoms with Gasteiger partial charge in [0.2, 0.25) is 0 Å². The van der Waals surface area contributed by atoms with Gasteiger partial charge in [-0.2, -0.15) is 0 Å². The molecule has 0 aromatic carbocycles. The summed E-state index contributed by atoms with van der Waals surface area (Å²) in [7, 11) is -3.19. The predicted octanol–water partition coefficient (Wildman–Crippen LogP) is -0.197. The van der Waals surface area contributed by atoms with E-state index >= 15 is 0 Å². The number of hydrogen-bond acceptors (Lipinski definition) is 5. The van der Waals surface area contributed by atoms with Gasteiger partial charge in [0.05, 0.1) is 0 Å². The van der Waals surface area contributed by atoms with Gasteiger partial charge in [-0.1, -0.05) is 0 Å². The third-order valence-electron chi connectivity index (χ3n) is 1.48. The molecule has 0 saturated heterocycles. The Hall–Kier alpha value is -0.720. The lowest BCUT2D eigenvalue weighted by Gasteiger charge is -1.98. The maximum Gasteiger partial charge on any atom is 0.178 e. The van der Waals surface area contributed by atoms with E-state index in [9.17, 15) is 8.42 Å². The van der Waals surface area contributed by atoms with Crippen LogP contribution in [0.1, 0.15) is 5.82 Å². The fourth-order valence-electron chi connectivity index (χ4n) is 0.793. The van der Waals surface area contributed by atoms with Gasteiger partial charge in [0.15, 0.2) is 9.84 Å². The summed E-state index contributed by atoms with van der Waals surface area (Å²) in [5.41, 5.74) is 5.29. The molecular weight excluding hydrogens is 226 g/mol. The first-order valence-electron chi connectivity index (χ1n) is 3.75. The summed E-state index contributed by atoms with van der Waals surface area (Å²) < 4.78 is 22.0. The molecule has 1 heterocycles. The van der Waals surface area contributed by atoms with Crippen LogP contribution in [-0.4, -0.2) is 31.2 Å². The van der Waals surface area contributed by atoms with Crippen LogP contribution in [0.15, 0.2) is 17.3 Å². The molecule has 0 aliphatic carbocycles. The van der Waals surface area contributed by atoms with Gasteiger partial charge in [-0.15, -0.1) is 12.4 Å². The minimum Gasteiger partial charge on any atom is -0.330 e. The lowest BCUT2D eigenvalue weighted by molar-refractivity contribution is 0.600. The third-order valence-corrected chi connectivity index (χ3v) is 2.54. The highest BCUT2D eigenvalue weighted by atomic mass is 35.5. The summed E-state index contributed by atoms with van der Waals surface area (Å²) in [6.07, 6.45) is 4.28. The Bertz CT molecular complexity index is 376. The maximum absolute atomic E-state index is 11.0. The Morgan fingerprint density at radius 3 is 2.21 bits per heavy atom. The van der Waals surface area contributed by atoms with Crippen molar-refractivity contribution in [2.45, 2.75) is 11.3 Å². The smallest absolute Gasteiger partial charge is 0.178 e. The van der Waals surface area contributed by atoms with E-state index in [2.05, 4.69) is 9.97 Å². The number of halogens is 1. The molecule has 1 rings (SSSR count). The van der Waals surface area contributed by atoms with Gasteiger partial charge in [-0.3, -0.25) is 0 Å². The average Bonchev–Trinajstić information content (AvgIpc) is 2.04. The molecule has 0 fully saturated rings. The average molecular weight is 238 g/mol. The van der Waals surface area contributed by atoms with Crippen molar-refractivity contribution in [1.29, 1.82) is 0 Å². The van der Waals surface area contributed by atoms with Crippen LogP contribution in [0.25, 0.3) is 0 Å². The molecule has 0 saturated carbocycles. The standard InChI is InChI=1S/C7H11N3O2S.ClH/c1-13(11,12)6-4-9-7(2-3-8)10-5-6;/h4-5H,2-3,8H2,1H3;1H. The normalized spacial score (nSPS) is 10.7. The molecule has 5 nitrogen and oxygen atoms in total. The Balaban J connectivity index is 0.00000169. The molecule has 0 aliphatic heterocycles. The summed E-state index contributed by atoms with van der Waals surface area (Å²) in [5, 5.41) is 0. The molecule has 0 amide bonds. The highest BCUT2D eigenvalue weighted by molar-refractivity contribution is 7.90. The molecule has 2 N–H and O–H groups in total. The second-order valence-electron chi connectivity index (χ2n) is 2.65. The predicted molar refractivity (Wildman–Crippen MR) is 55.1 cm³/mol. The van der Waals surface area contributed by atoms with Crippen molar-refractivity contribution in [2.24, 2.45) is 5.73 Å². The maximum atomic E-state index is 11.0. The molecule has 1 aromatic rings. The monoisotopic (exact) mass is 237 g/mol. The second-order valence-corrected chi connectivity index (χ2v) is 4.66. The van der Waals surface area contributed by atoms with Crippen molar-refractivity contribution in [2.75, 3.05) is 12.8 Å². The van der Waals surface area contributed by atoms with Crippen molar-refractivity contribution >= 4 is 22.2 Å². The second kappa shape index (κ2) is 5.23. The Kier molecular flexibility index (Phi) is 4.96. The van der Waals surface area contributed by atoms with Gasteiger partial charge in [0, 0.05) is 25.1 Å². The molecule has 7 heteroatoms. The first kappa shape index (κ1) is 13.3. The molecular formula is C7H12ClN3O2S. The SMILES string of the molecule is CS(=O)(=O)c1cnc(CCN)nc1.Cl. The van der Waals surface area contributed by atoms with E-state index in [1.807, 2.05) is 0 Å². The summed E-state index contributed by atoms with van der Waals surface area (Å²) in [6.45, 7) is 0.457. The van der Waals surface area contributed by atoms with Crippen molar-refractivity contribution in [3.8, 4) is 0 Å². The molecule has 1 aromatic heterocycles. The van der Waals surface area contributed by atoms with Gasteiger partial charge < -0.3 is 5.73 Å². The van der Waals surface area contributed by atoms with Crippen LogP contribution in [-0.2, 0) is 16.3 Å². The van der Waals surface area contributed by atoms with Crippen molar-refractivity contribution < 1.29 is 8.42 Å². The minimum absolute atomic E-state index is 0. The zero-order valence-electron chi connectivity index (χ0n) is 7.67. The lowest BCUT2D eigenvalue weighted by atomic mass is 10.4. The van der Waals surface area contributed by atoms with E-state index in [-0.39, 0.29) is 17.3 Å². The van der Waals surface area contributed by atoms with E-state index < -0.39 is 9.84 Å². The third kappa shape index (κ3) is 3.57. The highest BCUT2D eigenvalue weighted by Gasteiger charge is 2.07. The lowest BCUT2D eigenvalue weighted by Crippen LogP contribution is -2.07. The first-order chi connectivity index (χ1) is 6.04. The fraction of sp³-hybridized carbons (Fsp3) is 0.429. The van der Waals surface area contributed by atoms with Crippen LogP contribution >= 0.6 is 12.4 Å². The summed E-state index contributed by atoms with van der Waals surface area (Å²) in [5.74, 6) is 0.565. The molecule has 0 aliphatic rings. The van der Waals surface area contributed by atoms with Crippen LogP contribution in [0.4, 0.5) is 0 Å². The molecule has 80 valence electrons. The first-order valence-corrected chi connectivity index (χ1v) is 5.64. The zero-order valence-corrected chi connectivity index (χ0v) is 9.31. The molecule has 0 bridgehead atoms. The molecule has 0 radical (unpaired) electrons. The van der Waals surface area contributed by atoms with Gasteiger partial charge in [0.1, 0.15) is 10.7 Å². The molecule has 0 atom stereocenters. The number of nitrogens with zero attached hydrogens (tertiary/aromatic N) is 2. The number of nitrogens with two attached hydrogens (primary N) is 1. The minimum atomic E-state index is -3.19. The van der Waals surface area contributed by atoms with Crippen LogP contribution in [0, 0.1) is 0 Å². The fourth-order valence-corrected chi connectivity index (χ4v) is 1.28. The Morgan fingerprint density at radius 2 is 1.86 bits per heavy atom. The Labute approximate surface area is 89.1 Å². The summed E-state index contributed by atoms with van der Waals surface area (Å²) in [6, 6.07) is 0. The van der Waals surface area contributed by atoms with Crippen molar-refractivity contribution in [1.82, 2.24) is 9.97 Å². The molecule has 0 unspecified atom stereocenters. The van der Waals surface area contributed by atoms with E-state index in [1.54, 1.807) is 0 Å². The number of aromatic nitrogens is 2. The van der Waals surface area contributed by atoms with Gasteiger partial charge in [-0.25, -0.2) is 18.4 Å². The van der Waals surface area contributed by atoms with Gasteiger partial charge in [0.25, 0.3) is 0 Å². The summed E-state index contributed by atoms with van der Waals surface area (Å²) >= 11 is 0. The van der Waals surface area contributed by atoms with Crippen LogP contribution in [0.5, 0.6) is 0 Å². The highest BCUT2D eigenvalue weighted by Crippen LogP contribution is 2.04. The number of sulfone groups is 1. The van der Waals surface area contributed by atoms with Crippen LogP contribution in [0.2, 0.25) is 0 Å². The Morgan fingerprint density at radius 1 is 1.36 bits per heavy atom. The van der Waals surface area contributed by atoms with E-state index in [0.717, 1.165) is 6.26 Å².